The zero-order valence-corrected chi connectivity index (χ0v) is 23.6. The van der Waals surface area contributed by atoms with E-state index in [4.69, 9.17) is 16.7 Å². The molecule has 0 atom stereocenters. The highest BCUT2D eigenvalue weighted by Gasteiger charge is 2.40. The SMILES string of the molecule is O=C(O)CNCC1(CN2CCN(S(=O)(=O)c3ccc4cc(Cl)ccc4c3)CC2=O)CCN(c2ccncc2)CC1. The van der Waals surface area contributed by atoms with Crippen molar-refractivity contribution < 1.29 is 23.1 Å². The van der Waals surface area contributed by atoms with E-state index in [1.54, 1.807) is 53.7 Å². The van der Waals surface area contributed by atoms with Crippen molar-refractivity contribution in [3.8, 4) is 0 Å². The molecule has 3 aromatic rings. The van der Waals surface area contributed by atoms with Crippen molar-refractivity contribution in [1.29, 1.82) is 0 Å². The molecule has 212 valence electrons. The van der Waals surface area contributed by atoms with Crippen LogP contribution in [0.5, 0.6) is 0 Å². The Hall–Kier alpha value is -3.25. The fourth-order valence-corrected chi connectivity index (χ4v) is 7.18. The van der Waals surface area contributed by atoms with Gasteiger partial charge in [0, 0.05) is 67.8 Å². The molecule has 0 aliphatic carbocycles. The van der Waals surface area contributed by atoms with Gasteiger partial charge in [0.1, 0.15) is 0 Å². The van der Waals surface area contributed by atoms with Crippen LogP contribution in [0.4, 0.5) is 5.69 Å². The quantitative estimate of drug-likeness (QED) is 0.393. The van der Waals surface area contributed by atoms with Gasteiger partial charge in [-0.15, -0.1) is 0 Å². The fourth-order valence-electron chi connectivity index (χ4n) is 5.59. The van der Waals surface area contributed by atoms with Crippen LogP contribution >= 0.6 is 11.6 Å². The second-order valence-corrected chi connectivity index (χ2v) is 12.9. The van der Waals surface area contributed by atoms with Gasteiger partial charge in [-0.25, -0.2) is 8.42 Å². The summed E-state index contributed by atoms with van der Waals surface area (Å²) in [5, 5.41) is 14.4. The van der Waals surface area contributed by atoms with Gasteiger partial charge in [0.05, 0.1) is 18.0 Å². The number of anilines is 1. The van der Waals surface area contributed by atoms with Gasteiger partial charge in [-0.2, -0.15) is 4.31 Å². The standard InChI is InChI=1S/C28H32ClN5O5S/c29-23-3-1-22-16-25(4-2-21(22)15-23)40(38,39)34-14-13-33(26(35)18-34)20-28(19-31-17-27(36)37)7-11-32(12-8-28)24-5-9-30-10-6-24/h1-6,9-10,15-16,31H,7-8,11-14,17-20H2,(H,36,37). The van der Waals surface area contributed by atoms with Gasteiger partial charge in [0.2, 0.25) is 15.9 Å². The number of pyridine rings is 1. The molecule has 0 radical (unpaired) electrons. The molecule has 0 unspecified atom stereocenters. The summed E-state index contributed by atoms with van der Waals surface area (Å²) >= 11 is 6.05. The third kappa shape index (κ3) is 6.22. The summed E-state index contributed by atoms with van der Waals surface area (Å²) < 4.78 is 28.1. The van der Waals surface area contributed by atoms with Crippen LogP contribution in [-0.4, -0.2) is 91.9 Å². The first-order valence-corrected chi connectivity index (χ1v) is 15.0. The summed E-state index contributed by atoms with van der Waals surface area (Å²) in [7, 11) is -3.87. The lowest BCUT2D eigenvalue weighted by atomic mass is 9.77. The minimum atomic E-state index is -3.87. The molecule has 0 saturated carbocycles. The molecule has 2 aliphatic heterocycles. The number of benzene rings is 2. The van der Waals surface area contributed by atoms with E-state index in [-0.39, 0.29) is 42.4 Å². The summed E-state index contributed by atoms with van der Waals surface area (Å²) in [6.07, 6.45) is 5.03. The van der Waals surface area contributed by atoms with Gasteiger partial charge in [0.25, 0.3) is 0 Å². The van der Waals surface area contributed by atoms with Crippen molar-refractivity contribution in [2.75, 3.05) is 57.3 Å². The number of piperazine rings is 1. The fraction of sp³-hybridized carbons (Fsp3) is 0.393. The van der Waals surface area contributed by atoms with Gasteiger partial charge in [-0.3, -0.25) is 14.6 Å². The number of aliphatic carboxylic acids is 1. The van der Waals surface area contributed by atoms with Crippen molar-refractivity contribution in [2.45, 2.75) is 17.7 Å². The number of sulfonamides is 1. The van der Waals surface area contributed by atoms with Crippen LogP contribution in [0, 0.1) is 5.41 Å². The number of hydrogen-bond donors (Lipinski definition) is 2. The minimum Gasteiger partial charge on any atom is -0.480 e. The molecule has 10 nitrogen and oxygen atoms in total. The van der Waals surface area contributed by atoms with E-state index in [9.17, 15) is 18.0 Å². The summed E-state index contributed by atoms with van der Waals surface area (Å²) in [6, 6.07) is 14.1. The topological polar surface area (TPSA) is 123 Å². The minimum absolute atomic E-state index is 0.140. The molecule has 2 aliphatic rings. The molecule has 2 saturated heterocycles. The average Bonchev–Trinajstić information content (AvgIpc) is 2.94. The summed E-state index contributed by atoms with van der Waals surface area (Å²) in [6.45, 7) is 2.48. The van der Waals surface area contributed by atoms with Crippen molar-refractivity contribution in [2.24, 2.45) is 5.41 Å². The zero-order chi connectivity index (χ0) is 28.3. The third-order valence-corrected chi connectivity index (χ3v) is 9.93. The maximum atomic E-state index is 13.4. The number of carbonyl (C=O) groups is 2. The molecule has 1 aromatic heterocycles. The van der Waals surface area contributed by atoms with E-state index in [1.165, 1.54) is 4.31 Å². The van der Waals surface area contributed by atoms with Gasteiger partial charge in [-0.1, -0.05) is 23.7 Å². The van der Waals surface area contributed by atoms with E-state index < -0.39 is 16.0 Å². The second-order valence-electron chi connectivity index (χ2n) is 10.5. The molecule has 5 rings (SSSR count). The zero-order valence-electron chi connectivity index (χ0n) is 22.0. The Bertz CT molecular complexity index is 1500. The van der Waals surface area contributed by atoms with Crippen LogP contribution in [0.1, 0.15) is 12.8 Å². The van der Waals surface area contributed by atoms with Crippen LogP contribution in [0.2, 0.25) is 5.02 Å². The summed E-state index contributed by atoms with van der Waals surface area (Å²) in [5.41, 5.74) is 0.753. The predicted octanol–water partition coefficient (Wildman–Crippen LogP) is 2.68. The van der Waals surface area contributed by atoms with E-state index in [0.717, 1.165) is 42.4 Å². The monoisotopic (exact) mass is 585 g/mol. The molecule has 2 N–H and O–H groups in total. The largest absolute Gasteiger partial charge is 0.480 e. The second kappa shape index (κ2) is 11.7. The van der Waals surface area contributed by atoms with E-state index in [2.05, 4.69) is 15.2 Å². The summed E-state index contributed by atoms with van der Waals surface area (Å²) in [5.74, 6) is -1.19. The Morgan fingerprint density at radius 3 is 2.40 bits per heavy atom. The number of nitrogens with one attached hydrogen (secondary N) is 1. The number of hydrogen-bond acceptors (Lipinski definition) is 7. The van der Waals surface area contributed by atoms with E-state index in [1.807, 2.05) is 12.1 Å². The maximum Gasteiger partial charge on any atom is 0.317 e. The normalized spacial score (nSPS) is 18.3. The van der Waals surface area contributed by atoms with Crippen LogP contribution in [0.3, 0.4) is 0 Å². The number of rotatable bonds is 9. The Morgan fingerprint density at radius 2 is 1.70 bits per heavy atom. The van der Waals surface area contributed by atoms with Crippen molar-refractivity contribution in [3.63, 3.8) is 0 Å². The number of carboxylic acids is 1. The number of carbonyl (C=O) groups excluding carboxylic acids is 1. The van der Waals surface area contributed by atoms with Gasteiger partial charge >= 0.3 is 5.97 Å². The van der Waals surface area contributed by atoms with Crippen LogP contribution in [0.15, 0.2) is 65.8 Å². The first-order valence-electron chi connectivity index (χ1n) is 13.2. The lowest BCUT2D eigenvalue weighted by molar-refractivity contribution is -0.137. The van der Waals surface area contributed by atoms with Crippen molar-refractivity contribution in [1.82, 2.24) is 19.5 Å². The molecule has 3 heterocycles. The number of aromatic nitrogens is 1. The molecule has 0 bridgehead atoms. The highest BCUT2D eigenvalue weighted by Crippen LogP contribution is 2.35. The molecule has 2 fully saturated rings. The number of halogens is 1. The molecule has 12 heteroatoms. The molecule has 0 spiro atoms. The van der Waals surface area contributed by atoms with Crippen molar-refractivity contribution in [3.05, 3.63) is 65.9 Å². The average molecular weight is 586 g/mol. The molecule has 40 heavy (non-hydrogen) atoms. The maximum absolute atomic E-state index is 13.4. The number of fused-ring (bicyclic) bond motifs is 1. The van der Waals surface area contributed by atoms with Crippen LogP contribution in [0.25, 0.3) is 10.8 Å². The van der Waals surface area contributed by atoms with Crippen LogP contribution < -0.4 is 10.2 Å². The van der Waals surface area contributed by atoms with E-state index in [0.29, 0.717) is 18.1 Å². The Morgan fingerprint density at radius 1 is 1.00 bits per heavy atom. The lowest BCUT2D eigenvalue weighted by Gasteiger charge is -2.46. The number of carboxylic acid groups (broad SMARTS) is 1. The number of piperidine rings is 1. The first-order chi connectivity index (χ1) is 19.1. The van der Waals surface area contributed by atoms with Crippen molar-refractivity contribution >= 4 is 50.0 Å². The first kappa shape index (κ1) is 28.3. The number of nitrogens with zero attached hydrogens (tertiary/aromatic N) is 4. The smallest absolute Gasteiger partial charge is 0.317 e. The number of amides is 1. The van der Waals surface area contributed by atoms with Gasteiger partial charge < -0.3 is 20.2 Å². The Balaban J connectivity index is 1.27. The highest BCUT2D eigenvalue weighted by atomic mass is 35.5. The van der Waals surface area contributed by atoms with Gasteiger partial charge in [-0.05, 0) is 60.0 Å². The van der Waals surface area contributed by atoms with Gasteiger partial charge in [0.15, 0.2) is 0 Å². The highest BCUT2D eigenvalue weighted by molar-refractivity contribution is 7.89. The van der Waals surface area contributed by atoms with E-state index >= 15 is 0 Å². The lowest BCUT2D eigenvalue weighted by Crippen LogP contribution is -2.57. The Labute approximate surface area is 238 Å². The molecular weight excluding hydrogens is 554 g/mol. The molecular formula is C28H32ClN5O5S. The Kier molecular flexibility index (Phi) is 8.27. The summed E-state index contributed by atoms with van der Waals surface area (Å²) in [4.78, 5) is 32.7. The molecule has 2 aromatic carbocycles. The third-order valence-electron chi connectivity index (χ3n) is 7.85. The predicted molar refractivity (Wildman–Crippen MR) is 153 cm³/mol. The molecule has 1 amide bonds. The van der Waals surface area contributed by atoms with Crippen LogP contribution in [-0.2, 0) is 19.6 Å².